The molecule has 0 saturated carbocycles. The van der Waals surface area contributed by atoms with E-state index in [9.17, 15) is 9.59 Å². The number of rotatable bonds is 4. The molecular weight excluding hydrogens is 406 g/mol. The van der Waals surface area contributed by atoms with Crippen LogP contribution in [0.15, 0.2) is 23.8 Å². The van der Waals surface area contributed by atoms with Crippen LogP contribution in [-0.4, -0.2) is 57.8 Å². The summed E-state index contributed by atoms with van der Waals surface area (Å²) in [7, 11) is 0. The Morgan fingerprint density at radius 2 is 1.90 bits per heavy atom. The van der Waals surface area contributed by atoms with Crippen molar-refractivity contribution >= 4 is 50.5 Å². The largest absolute Gasteiger partial charge is 0.362 e. The number of nitrogens with zero attached hydrogens (tertiary/aromatic N) is 4. The van der Waals surface area contributed by atoms with Gasteiger partial charge < -0.3 is 15.1 Å². The van der Waals surface area contributed by atoms with Crippen molar-refractivity contribution in [2.24, 2.45) is 0 Å². The SMILES string of the molecule is CC(=O)N1CCN(C(=O)c2sc3ncnc(NC(C)c4cccs4)c3c2C)CC1. The molecule has 0 aliphatic carbocycles. The number of amides is 2. The zero-order valence-corrected chi connectivity index (χ0v) is 18.3. The standard InChI is InChI=1S/C20H23N5O2S2/c1-12-16-18(23-13(2)15-5-4-10-28-15)21-11-22-19(16)29-17(12)20(27)25-8-6-24(7-9-25)14(3)26/h4-5,10-11,13H,6-9H2,1-3H3,(H,21,22,23). The highest BCUT2D eigenvalue weighted by atomic mass is 32.1. The average Bonchev–Trinajstić information content (AvgIpc) is 3.36. The number of hydrogen-bond donors (Lipinski definition) is 1. The van der Waals surface area contributed by atoms with Crippen molar-refractivity contribution in [3.8, 4) is 0 Å². The van der Waals surface area contributed by atoms with Gasteiger partial charge >= 0.3 is 0 Å². The summed E-state index contributed by atoms with van der Waals surface area (Å²) >= 11 is 3.11. The monoisotopic (exact) mass is 429 g/mol. The number of piperazine rings is 1. The highest BCUT2D eigenvalue weighted by Gasteiger charge is 2.27. The van der Waals surface area contributed by atoms with Gasteiger partial charge in [0.15, 0.2) is 0 Å². The highest BCUT2D eigenvalue weighted by molar-refractivity contribution is 7.20. The predicted molar refractivity (Wildman–Crippen MR) is 117 cm³/mol. The first-order valence-electron chi connectivity index (χ1n) is 9.54. The number of carbonyl (C=O) groups is 2. The minimum atomic E-state index is 0.00552. The van der Waals surface area contributed by atoms with Crippen molar-refractivity contribution in [2.45, 2.75) is 26.8 Å². The summed E-state index contributed by atoms with van der Waals surface area (Å²) in [4.78, 5) is 39.9. The number of fused-ring (bicyclic) bond motifs is 1. The zero-order chi connectivity index (χ0) is 20.5. The Morgan fingerprint density at radius 3 is 2.55 bits per heavy atom. The second kappa shape index (κ2) is 8.08. The summed E-state index contributed by atoms with van der Waals surface area (Å²) in [6.07, 6.45) is 1.54. The van der Waals surface area contributed by atoms with Crippen LogP contribution in [0.3, 0.4) is 0 Å². The number of aromatic nitrogens is 2. The summed E-state index contributed by atoms with van der Waals surface area (Å²) in [5.41, 5.74) is 0.908. The lowest BCUT2D eigenvalue weighted by molar-refractivity contribution is -0.130. The van der Waals surface area contributed by atoms with Crippen LogP contribution in [0, 0.1) is 6.92 Å². The van der Waals surface area contributed by atoms with Gasteiger partial charge in [-0.15, -0.1) is 22.7 Å². The number of carbonyl (C=O) groups excluding carboxylic acids is 2. The number of anilines is 1. The van der Waals surface area contributed by atoms with Gasteiger partial charge in [0.05, 0.1) is 16.3 Å². The maximum absolute atomic E-state index is 13.2. The molecule has 1 unspecified atom stereocenters. The van der Waals surface area contributed by atoms with Crippen molar-refractivity contribution in [3.05, 3.63) is 39.2 Å². The van der Waals surface area contributed by atoms with Gasteiger partial charge in [0.2, 0.25) is 5.91 Å². The summed E-state index contributed by atoms with van der Waals surface area (Å²) in [5, 5.41) is 6.44. The first-order chi connectivity index (χ1) is 14.0. The van der Waals surface area contributed by atoms with E-state index in [1.807, 2.05) is 17.9 Å². The number of thiophene rings is 2. The third-order valence-corrected chi connectivity index (χ3v) is 7.50. The van der Waals surface area contributed by atoms with Gasteiger partial charge in [0, 0.05) is 38.0 Å². The van der Waals surface area contributed by atoms with Crippen molar-refractivity contribution in [3.63, 3.8) is 0 Å². The van der Waals surface area contributed by atoms with E-state index in [0.29, 0.717) is 31.1 Å². The van der Waals surface area contributed by atoms with E-state index in [2.05, 4.69) is 33.7 Å². The van der Waals surface area contributed by atoms with E-state index in [-0.39, 0.29) is 17.9 Å². The fourth-order valence-electron chi connectivity index (χ4n) is 3.57. The molecule has 3 aromatic rings. The van der Waals surface area contributed by atoms with Gasteiger partial charge in [-0.25, -0.2) is 9.97 Å². The van der Waals surface area contributed by atoms with E-state index in [4.69, 9.17) is 0 Å². The van der Waals surface area contributed by atoms with Gasteiger partial charge in [0.25, 0.3) is 5.91 Å². The maximum Gasteiger partial charge on any atom is 0.264 e. The fourth-order valence-corrected chi connectivity index (χ4v) is 5.42. The third-order valence-electron chi connectivity index (χ3n) is 5.26. The van der Waals surface area contributed by atoms with Crippen molar-refractivity contribution in [2.75, 3.05) is 31.5 Å². The Balaban J connectivity index is 1.59. The van der Waals surface area contributed by atoms with Crippen LogP contribution in [0.4, 0.5) is 5.82 Å². The highest BCUT2D eigenvalue weighted by Crippen LogP contribution is 2.35. The molecule has 1 atom stereocenters. The lowest BCUT2D eigenvalue weighted by atomic mass is 10.1. The van der Waals surface area contributed by atoms with Crippen LogP contribution in [-0.2, 0) is 4.79 Å². The van der Waals surface area contributed by atoms with Gasteiger partial charge in [0.1, 0.15) is 17.0 Å². The van der Waals surface area contributed by atoms with Crippen molar-refractivity contribution in [1.82, 2.24) is 19.8 Å². The first-order valence-corrected chi connectivity index (χ1v) is 11.2. The molecule has 4 heterocycles. The van der Waals surface area contributed by atoms with Crippen molar-refractivity contribution < 1.29 is 9.59 Å². The topological polar surface area (TPSA) is 78.4 Å². The van der Waals surface area contributed by atoms with Crippen LogP contribution >= 0.6 is 22.7 Å². The first kappa shape index (κ1) is 19.8. The lowest BCUT2D eigenvalue weighted by Gasteiger charge is -2.34. The Kier molecular flexibility index (Phi) is 5.51. The number of hydrogen-bond acceptors (Lipinski definition) is 7. The van der Waals surface area contributed by atoms with Crippen LogP contribution in [0.1, 0.15) is 40.0 Å². The molecule has 1 saturated heterocycles. The molecule has 0 bridgehead atoms. The van der Waals surface area contributed by atoms with Crippen LogP contribution in [0.5, 0.6) is 0 Å². The van der Waals surface area contributed by atoms with E-state index < -0.39 is 0 Å². The molecule has 1 aliphatic rings. The number of aryl methyl sites for hydroxylation is 1. The third kappa shape index (κ3) is 3.84. The van der Waals surface area contributed by atoms with Crippen LogP contribution < -0.4 is 5.32 Å². The molecule has 0 aromatic carbocycles. The second-order valence-corrected chi connectivity index (χ2v) is 9.12. The van der Waals surface area contributed by atoms with Crippen LogP contribution in [0.25, 0.3) is 10.2 Å². The molecule has 1 aliphatic heterocycles. The fraction of sp³-hybridized carbons (Fsp3) is 0.400. The molecule has 1 fully saturated rings. The molecule has 152 valence electrons. The van der Waals surface area contributed by atoms with Gasteiger partial charge in [-0.3, -0.25) is 9.59 Å². The van der Waals surface area contributed by atoms with Crippen molar-refractivity contribution in [1.29, 1.82) is 0 Å². The van der Waals surface area contributed by atoms with E-state index >= 15 is 0 Å². The molecule has 7 nitrogen and oxygen atoms in total. The molecule has 9 heteroatoms. The summed E-state index contributed by atoms with van der Waals surface area (Å²) in [6.45, 7) is 7.89. The maximum atomic E-state index is 13.2. The molecule has 3 aromatic heterocycles. The smallest absolute Gasteiger partial charge is 0.264 e. The molecule has 1 N–H and O–H groups in total. The molecule has 4 rings (SSSR count). The summed E-state index contributed by atoms with van der Waals surface area (Å²) in [6, 6.07) is 4.24. The number of nitrogens with one attached hydrogen (secondary N) is 1. The minimum absolute atomic E-state index is 0.00552. The average molecular weight is 430 g/mol. The Labute approximate surface area is 177 Å². The van der Waals surface area contributed by atoms with Gasteiger partial charge in [-0.1, -0.05) is 6.07 Å². The zero-order valence-electron chi connectivity index (χ0n) is 16.6. The molecular formula is C20H23N5O2S2. The quantitative estimate of drug-likeness (QED) is 0.686. The Morgan fingerprint density at radius 1 is 1.17 bits per heavy atom. The molecule has 0 radical (unpaired) electrons. The summed E-state index contributed by atoms with van der Waals surface area (Å²) < 4.78 is 0. The Hall–Kier alpha value is -2.52. The van der Waals surface area contributed by atoms with E-state index in [1.54, 1.807) is 29.5 Å². The normalized spacial score (nSPS) is 15.6. The minimum Gasteiger partial charge on any atom is -0.362 e. The second-order valence-electron chi connectivity index (χ2n) is 7.14. The van der Waals surface area contributed by atoms with Crippen LogP contribution in [0.2, 0.25) is 0 Å². The van der Waals surface area contributed by atoms with Gasteiger partial charge in [-0.05, 0) is 30.9 Å². The van der Waals surface area contributed by atoms with Gasteiger partial charge in [-0.2, -0.15) is 0 Å². The molecule has 2 amide bonds. The predicted octanol–water partition coefficient (Wildman–Crippen LogP) is 3.54. The lowest BCUT2D eigenvalue weighted by Crippen LogP contribution is -2.50. The molecule has 0 spiro atoms. The molecule has 29 heavy (non-hydrogen) atoms. The van der Waals surface area contributed by atoms with E-state index in [0.717, 1.165) is 21.6 Å². The van der Waals surface area contributed by atoms with E-state index in [1.165, 1.54) is 16.2 Å². The summed E-state index contributed by atoms with van der Waals surface area (Å²) in [5.74, 6) is 0.817. The Bertz CT molecular complexity index is 1040.